The van der Waals surface area contributed by atoms with Crippen molar-refractivity contribution in [2.45, 2.75) is 32.4 Å². The number of hydrogen-bond acceptors (Lipinski definition) is 7. The molecule has 2 heterocycles. The average Bonchev–Trinajstić information content (AvgIpc) is 3.49. The van der Waals surface area contributed by atoms with E-state index in [1.807, 2.05) is 0 Å². The predicted molar refractivity (Wildman–Crippen MR) is 145 cm³/mol. The van der Waals surface area contributed by atoms with Crippen LogP contribution < -0.4 is 21.5 Å². The molecule has 3 N–H and O–H groups in total. The van der Waals surface area contributed by atoms with E-state index in [2.05, 4.69) is 31.0 Å². The van der Waals surface area contributed by atoms with Crippen LogP contribution in [-0.4, -0.2) is 49.9 Å². The molecule has 1 aromatic carbocycles. The fourth-order valence-corrected chi connectivity index (χ4v) is 3.81. The Morgan fingerprint density at radius 3 is 2.69 bits per heavy atom. The van der Waals surface area contributed by atoms with Gasteiger partial charge in [-0.3, -0.25) is 14.2 Å². The first kappa shape index (κ1) is 29.9. The Hall–Kier alpha value is -2.37. The molecular weight excluding hydrogens is 550 g/mol. The van der Waals surface area contributed by atoms with Crippen molar-refractivity contribution in [3.05, 3.63) is 63.1 Å². The molecule has 0 unspecified atom stereocenters. The third-order valence-electron chi connectivity index (χ3n) is 5.44. The molecule has 0 spiro atoms. The number of amides is 1. The second-order valence-corrected chi connectivity index (χ2v) is 8.96. The Balaban J connectivity index is 0.00000228. The molecule has 1 amide bonds. The lowest BCUT2D eigenvalue weighted by Crippen LogP contribution is -2.34. The number of nitrogens with one attached hydrogen (secondary N) is 3. The zero-order chi connectivity index (χ0) is 23.9. The molecule has 1 fully saturated rings. The van der Waals surface area contributed by atoms with Crippen LogP contribution in [0.15, 0.2) is 41.8 Å². The van der Waals surface area contributed by atoms with E-state index in [0.29, 0.717) is 11.6 Å². The van der Waals surface area contributed by atoms with E-state index in [1.165, 1.54) is 29.9 Å². The van der Waals surface area contributed by atoms with Crippen LogP contribution in [0, 0.1) is 5.92 Å². The molecular formula is C22H28Cl4N8O2. The molecule has 10 nitrogen and oxygen atoms in total. The molecule has 0 atom stereocenters. The summed E-state index contributed by atoms with van der Waals surface area (Å²) in [5, 5.41) is 14.0. The minimum absolute atomic E-state index is 0. The molecule has 3 aromatic rings. The third-order valence-corrected chi connectivity index (χ3v) is 5.98. The summed E-state index contributed by atoms with van der Waals surface area (Å²) in [5.41, 5.74) is 1.04. The van der Waals surface area contributed by atoms with Crippen LogP contribution in [0.4, 0.5) is 5.82 Å². The predicted octanol–water partition coefficient (Wildman–Crippen LogP) is 3.09. The standard InChI is InChI=1S/C22H26Cl2N8O2.2ClH/c23-17-4-5-18(32-14-26-13-30-32)16(8-17)10-28-20(33)12-31-19(24)11-29-21(22(31)34)27-7-1-6-25-9-15-2-3-15;;/h4-5,8,11,13-15,25H,1-3,6-7,9-10,12H2,(H,27,29)(H,28,33);2*1H. The van der Waals surface area contributed by atoms with Crippen LogP contribution in [-0.2, 0) is 17.9 Å². The summed E-state index contributed by atoms with van der Waals surface area (Å²) >= 11 is 12.3. The Morgan fingerprint density at radius 1 is 1.17 bits per heavy atom. The lowest BCUT2D eigenvalue weighted by atomic mass is 10.1. The summed E-state index contributed by atoms with van der Waals surface area (Å²) in [4.78, 5) is 33.5. The SMILES string of the molecule is Cl.Cl.O=C(Cn1c(Cl)cnc(NCCCNCC2CC2)c1=O)NCc1cc(Cl)ccc1-n1cncn1. The lowest BCUT2D eigenvalue weighted by Gasteiger charge is -2.13. The number of halogens is 4. The van der Waals surface area contributed by atoms with Crippen molar-refractivity contribution in [3.63, 3.8) is 0 Å². The summed E-state index contributed by atoms with van der Waals surface area (Å²) < 4.78 is 2.77. The van der Waals surface area contributed by atoms with Gasteiger partial charge in [0.2, 0.25) is 5.91 Å². The first-order valence-corrected chi connectivity index (χ1v) is 11.9. The zero-order valence-electron chi connectivity index (χ0n) is 19.3. The topological polar surface area (TPSA) is 119 Å². The Bertz CT molecular complexity index is 1190. The number of nitrogens with zero attached hydrogens (tertiary/aromatic N) is 5. The van der Waals surface area contributed by atoms with Crippen molar-refractivity contribution in [1.82, 2.24) is 34.9 Å². The van der Waals surface area contributed by atoms with E-state index in [0.717, 1.165) is 36.7 Å². The molecule has 0 bridgehead atoms. The summed E-state index contributed by atoms with van der Waals surface area (Å²) in [6.45, 7) is 2.46. The Labute approximate surface area is 231 Å². The van der Waals surface area contributed by atoms with E-state index in [9.17, 15) is 9.59 Å². The molecule has 1 aliphatic carbocycles. The van der Waals surface area contributed by atoms with Crippen molar-refractivity contribution in [2.24, 2.45) is 5.92 Å². The van der Waals surface area contributed by atoms with Crippen molar-refractivity contribution >= 4 is 59.7 Å². The van der Waals surface area contributed by atoms with Gasteiger partial charge >= 0.3 is 0 Å². The summed E-state index contributed by atoms with van der Waals surface area (Å²) in [6.07, 6.45) is 7.83. The van der Waals surface area contributed by atoms with Gasteiger partial charge in [-0.15, -0.1) is 24.8 Å². The highest BCUT2D eigenvalue weighted by atomic mass is 35.5. The van der Waals surface area contributed by atoms with E-state index in [4.69, 9.17) is 23.2 Å². The minimum atomic E-state index is -0.445. The van der Waals surface area contributed by atoms with Gasteiger partial charge in [0.05, 0.1) is 11.9 Å². The molecule has 196 valence electrons. The van der Waals surface area contributed by atoms with Gasteiger partial charge in [-0.2, -0.15) is 5.10 Å². The quantitative estimate of drug-likeness (QED) is 0.283. The smallest absolute Gasteiger partial charge is 0.294 e. The van der Waals surface area contributed by atoms with Crippen molar-refractivity contribution in [1.29, 1.82) is 0 Å². The highest BCUT2D eigenvalue weighted by Crippen LogP contribution is 2.27. The molecule has 2 aromatic heterocycles. The fraction of sp³-hybridized carbons (Fsp3) is 0.409. The maximum absolute atomic E-state index is 12.8. The fourth-order valence-electron chi connectivity index (χ4n) is 3.43. The normalized spacial score (nSPS) is 12.4. The molecule has 14 heteroatoms. The van der Waals surface area contributed by atoms with E-state index >= 15 is 0 Å². The van der Waals surface area contributed by atoms with Crippen LogP contribution >= 0.6 is 48.0 Å². The molecule has 36 heavy (non-hydrogen) atoms. The molecule has 0 aliphatic heterocycles. The zero-order valence-corrected chi connectivity index (χ0v) is 22.5. The van der Waals surface area contributed by atoms with Crippen LogP contribution in [0.25, 0.3) is 5.69 Å². The first-order chi connectivity index (χ1) is 16.5. The monoisotopic (exact) mass is 576 g/mol. The lowest BCUT2D eigenvalue weighted by molar-refractivity contribution is -0.121. The number of anilines is 1. The number of aromatic nitrogens is 5. The van der Waals surface area contributed by atoms with Crippen LogP contribution in [0.1, 0.15) is 24.8 Å². The van der Waals surface area contributed by atoms with Crippen molar-refractivity contribution < 1.29 is 4.79 Å². The Kier molecular flexibility index (Phi) is 11.9. The van der Waals surface area contributed by atoms with E-state index < -0.39 is 5.56 Å². The molecule has 1 saturated carbocycles. The highest BCUT2D eigenvalue weighted by Gasteiger charge is 2.20. The van der Waals surface area contributed by atoms with Gasteiger partial charge in [0.1, 0.15) is 24.4 Å². The van der Waals surface area contributed by atoms with Crippen molar-refractivity contribution in [2.75, 3.05) is 25.0 Å². The second-order valence-electron chi connectivity index (χ2n) is 8.14. The first-order valence-electron chi connectivity index (χ1n) is 11.1. The maximum Gasteiger partial charge on any atom is 0.294 e. The number of rotatable bonds is 12. The van der Waals surface area contributed by atoms with Gasteiger partial charge in [-0.1, -0.05) is 23.2 Å². The molecule has 1 aliphatic rings. The van der Waals surface area contributed by atoms with Gasteiger partial charge in [-0.05, 0) is 62.0 Å². The summed E-state index contributed by atoms with van der Waals surface area (Å²) in [6, 6.07) is 5.27. The summed E-state index contributed by atoms with van der Waals surface area (Å²) in [5.74, 6) is 0.620. The highest BCUT2D eigenvalue weighted by molar-refractivity contribution is 6.30. The molecule has 4 rings (SSSR count). The van der Waals surface area contributed by atoms with Crippen LogP contribution in [0.2, 0.25) is 10.2 Å². The van der Waals surface area contributed by atoms with Crippen LogP contribution in [0.5, 0.6) is 0 Å². The van der Waals surface area contributed by atoms with Crippen LogP contribution in [0.3, 0.4) is 0 Å². The van der Waals surface area contributed by atoms with E-state index in [1.54, 1.807) is 29.2 Å². The second kappa shape index (κ2) is 14.4. The minimum Gasteiger partial charge on any atom is -0.365 e. The van der Waals surface area contributed by atoms with Gasteiger partial charge in [0.25, 0.3) is 5.56 Å². The summed E-state index contributed by atoms with van der Waals surface area (Å²) in [7, 11) is 0. The van der Waals surface area contributed by atoms with E-state index in [-0.39, 0.29) is 54.8 Å². The number of benzene rings is 1. The van der Waals surface area contributed by atoms with Gasteiger partial charge in [-0.25, -0.2) is 14.6 Å². The number of carbonyl (C=O) groups excluding carboxylic acids is 1. The molecule has 0 saturated heterocycles. The molecule has 0 radical (unpaired) electrons. The maximum atomic E-state index is 12.8. The van der Waals surface area contributed by atoms with Gasteiger partial charge in [0.15, 0.2) is 5.82 Å². The number of carbonyl (C=O) groups is 1. The van der Waals surface area contributed by atoms with Crippen molar-refractivity contribution in [3.8, 4) is 5.69 Å². The van der Waals surface area contributed by atoms with Gasteiger partial charge in [0, 0.05) is 18.1 Å². The Morgan fingerprint density at radius 2 is 1.97 bits per heavy atom. The number of hydrogen-bond donors (Lipinski definition) is 3. The largest absolute Gasteiger partial charge is 0.365 e. The average molecular weight is 578 g/mol. The van der Waals surface area contributed by atoms with Gasteiger partial charge < -0.3 is 16.0 Å². The third kappa shape index (κ3) is 8.35.